The van der Waals surface area contributed by atoms with Gasteiger partial charge in [0, 0.05) is 5.69 Å². The molecule has 1 atom stereocenters. The van der Waals surface area contributed by atoms with E-state index < -0.39 is 44.7 Å². The Morgan fingerprint density at radius 3 is 2.26 bits per heavy atom. The van der Waals surface area contributed by atoms with Crippen LogP contribution in [0.15, 0.2) is 53.4 Å². The third kappa shape index (κ3) is 5.27. The minimum absolute atomic E-state index is 0.255. The van der Waals surface area contributed by atoms with E-state index in [0.29, 0.717) is 6.07 Å². The van der Waals surface area contributed by atoms with Gasteiger partial charge in [-0.25, -0.2) is 12.8 Å². The number of rotatable bonds is 5. The van der Waals surface area contributed by atoms with Crippen LogP contribution in [0.2, 0.25) is 0 Å². The van der Waals surface area contributed by atoms with Gasteiger partial charge in [-0.05, 0) is 49.4 Å². The standard InChI is InChI=1S/C17H15F4NO4S/c1-16(24,10-27(25,26)14-7-5-12(18)6-8-14)15(23)22-13-4-2-3-11(9-13)17(19,20)21/h2-9,24H,10H2,1H3,(H,22,23)/t16-/m1/s1. The SMILES string of the molecule is C[C@@](O)(CS(=O)(=O)c1ccc(F)cc1)C(=O)Nc1cccc(C(F)(F)F)c1. The van der Waals surface area contributed by atoms with Crippen molar-refractivity contribution in [3.8, 4) is 0 Å². The third-order valence-corrected chi connectivity index (χ3v) is 5.51. The maximum Gasteiger partial charge on any atom is 0.416 e. The summed E-state index contributed by atoms with van der Waals surface area (Å²) >= 11 is 0. The molecule has 0 unspecified atom stereocenters. The lowest BCUT2D eigenvalue weighted by molar-refractivity contribution is -0.137. The van der Waals surface area contributed by atoms with Gasteiger partial charge in [0.05, 0.1) is 16.2 Å². The highest BCUT2D eigenvalue weighted by molar-refractivity contribution is 7.91. The molecule has 0 spiro atoms. The van der Waals surface area contributed by atoms with E-state index in [-0.39, 0.29) is 10.6 Å². The van der Waals surface area contributed by atoms with Crippen LogP contribution in [0, 0.1) is 5.82 Å². The molecule has 2 rings (SSSR count). The highest BCUT2D eigenvalue weighted by Crippen LogP contribution is 2.31. The van der Waals surface area contributed by atoms with Crippen LogP contribution in [0.1, 0.15) is 12.5 Å². The van der Waals surface area contributed by atoms with Crippen molar-refractivity contribution in [2.24, 2.45) is 0 Å². The van der Waals surface area contributed by atoms with Crippen molar-refractivity contribution in [1.82, 2.24) is 0 Å². The number of carbonyl (C=O) groups is 1. The molecule has 10 heteroatoms. The van der Waals surface area contributed by atoms with Gasteiger partial charge in [0.15, 0.2) is 15.4 Å². The highest BCUT2D eigenvalue weighted by atomic mass is 32.2. The van der Waals surface area contributed by atoms with Crippen LogP contribution in [0.3, 0.4) is 0 Å². The number of nitrogens with one attached hydrogen (secondary N) is 1. The smallest absolute Gasteiger partial charge is 0.379 e. The molecule has 0 saturated carbocycles. The molecule has 1 amide bonds. The first-order valence-electron chi connectivity index (χ1n) is 7.51. The second-order valence-corrected chi connectivity index (χ2v) is 8.01. The van der Waals surface area contributed by atoms with E-state index in [1.807, 2.05) is 0 Å². The summed E-state index contributed by atoms with van der Waals surface area (Å²) in [5.74, 6) is -2.91. The van der Waals surface area contributed by atoms with Crippen molar-refractivity contribution >= 4 is 21.4 Å². The van der Waals surface area contributed by atoms with Gasteiger partial charge in [0.2, 0.25) is 0 Å². The molecular formula is C17H15F4NO4S. The fourth-order valence-electron chi connectivity index (χ4n) is 2.20. The fraction of sp³-hybridized carbons (Fsp3) is 0.235. The zero-order valence-electron chi connectivity index (χ0n) is 13.9. The Hall–Kier alpha value is -2.46. The Kier molecular flexibility index (Phi) is 5.62. The zero-order valence-corrected chi connectivity index (χ0v) is 14.7. The Bertz CT molecular complexity index is 938. The molecule has 0 aliphatic carbocycles. The molecule has 5 nitrogen and oxygen atoms in total. The van der Waals surface area contributed by atoms with Gasteiger partial charge in [0.1, 0.15) is 5.82 Å². The Labute approximate surface area is 152 Å². The molecule has 27 heavy (non-hydrogen) atoms. The molecule has 0 aliphatic heterocycles. The van der Waals surface area contributed by atoms with Crippen LogP contribution in [0.5, 0.6) is 0 Å². The number of amides is 1. The topological polar surface area (TPSA) is 83.5 Å². The second kappa shape index (κ2) is 7.28. The lowest BCUT2D eigenvalue weighted by Gasteiger charge is -2.22. The van der Waals surface area contributed by atoms with Gasteiger partial charge >= 0.3 is 6.18 Å². The number of carbonyl (C=O) groups excluding carboxylic acids is 1. The molecule has 2 aromatic carbocycles. The number of hydrogen-bond acceptors (Lipinski definition) is 4. The zero-order chi connectivity index (χ0) is 20.5. The van der Waals surface area contributed by atoms with Crippen LogP contribution in [-0.4, -0.2) is 30.8 Å². The van der Waals surface area contributed by atoms with E-state index in [0.717, 1.165) is 49.4 Å². The van der Waals surface area contributed by atoms with Gasteiger partial charge < -0.3 is 10.4 Å². The summed E-state index contributed by atoms with van der Waals surface area (Å²) in [5.41, 5.74) is -3.71. The van der Waals surface area contributed by atoms with Gasteiger partial charge in [-0.1, -0.05) is 6.07 Å². The Morgan fingerprint density at radius 1 is 1.11 bits per heavy atom. The van der Waals surface area contributed by atoms with Crippen LogP contribution >= 0.6 is 0 Å². The van der Waals surface area contributed by atoms with Crippen molar-refractivity contribution in [3.05, 3.63) is 59.9 Å². The maximum atomic E-state index is 12.9. The molecule has 0 radical (unpaired) electrons. The number of aliphatic hydroxyl groups is 1. The van der Waals surface area contributed by atoms with Gasteiger partial charge in [0.25, 0.3) is 5.91 Å². The number of hydrogen-bond donors (Lipinski definition) is 2. The van der Waals surface area contributed by atoms with E-state index in [4.69, 9.17) is 0 Å². The molecular weight excluding hydrogens is 390 g/mol. The van der Waals surface area contributed by atoms with Crippen LogP contribution in [0.25, 0.3) is 0 Å². The van der Waals surface area contributed by atoms with Crippen molar-refractivity contribution < 1.29 is 35.9 Å². The van der Waals surface area contributed by atoms with Crippen molar-refractivity contribution in [2.75, 3.05) is 11.1 Å². The molecule has 2 aromatic rings. The predicted molar refractivity (Wildman–Crippen MR) is 89.2 cm³/mol. The van der Waals surface area contributed by atoms with Crippen molar-refractivity contribution in [3.63, 3.8) is 0 Å². The van der Waals surface area contributed by atoms with E-state index in [1.54, 1.807) is 0 Å². The molecule has 0 bridgehead atoms. The average molecular weight is 405 g/mol. The van der Waals surface area contributed by atoms with Gasteiger partial charge in [-0.15, -0.1) is 0 Å². The predicted octanol–water partition coefficient (Wildman–Crippen LogP) is 3.01. The van der Waals surface area contributed by atoms with Crippen molar-refractivity contribution in [2.45, 2.75) is 23.6 Å². The number of benzene rings is 2. The van der Waals surface area contributed by atoms with Crippen LogP contribution in [0.4, 0.5) is 23.2 Å². The first-order valence-corrected chi connectivity index (χ1v) is 9.16. The van der Waals surface area contributed by atoms with Crippen molar-refractivity contribution in [1.29, 1.82) is 0 Å². The quantitative estimate of drug-likeness (QED) is 0.592. The molecule has 2 N–H and O–H groups in total. The molecule has 146 valence electrons. The molecule has 0 aliphatic rings. The van der Waals surface area contributed by atoms with E-state index in [1.165, 1.54) is 0 Å². The lowest BCUT2D eigenvalue weighted by Crippen LogP contribution is -2.45. The van der Waals surface area contributed by atoms with E-state index in [9.17, 15) is 35.9 Å². The normalized spacial score (nSPS) is 14.4. The largest absolute Gasteiger partial charge is 0.416 e. The summed E-state index contributed by atoms with van der Waals surface area (Å²) in [7, 11) is -4.16. The second-order valence-electron chi connectivity index (χ2n) is 6.02. The molecule has 0 heterocycles. The summed E-state index contributed by atoms with van der Waals surface area (Å²) in [5, 5.41) is 12.3. The monoisotopic (exact) mass is 405 g/mol. The Morgan fingerprint density at radius 2 is 1.70 bits per heavy atom. The highest BCUT2D eigenvalue weighted by Gasteiger charge is 2.37. The van der Waals surface area contributed by atoms with Crippen LogP contribution < -0.4 is 5.32 Å². The molecule has 0 fully saturated rings. The summed E-state index contributed by atoms with van der Waals surface area (Å²) in [6.07, 6.45) is -4.63. The summed E-state index contributed by atoms with van der Waals surface area (Å²) in [6.45, 7) is 0.914. The molecule has 0 aromatic heterocycles. The van der Waals surface area contributed by atoms with E-state index in [2.05, 4.69) is 5.32 Å². The van der Waals surface area contributed by atoms with Crippen LogP contribution in [-0.2, 0) is 20.8 Å². The average Bonchev–Trinajstić information content (AvgIpc) is 2.53. The molecule has 0 saturated heterocycles. The number of anilines is 1. The maximum absolute atomic E-state index is 12.9. The van der Waals surface area contributed by atoms with E-state index >= 15 is 0 Å². The minimum Gasteiger partial charge on any atom is -0.379 e. The lowest BCUT2D eigenvalue weighted by atomic mass is 10.1. The number of sulfone groups is 1. The van der Waals surface area contributed by atoms with Gasteiger partial charge in [-0.3, -0.25) is 4.79 Å². The third-order valence-electron chi connectivity index (χ3n) is 3.58. The minimum atomic E-state index is -4.63. The van der Waals surface area contributed by atoms with Gasteiger partial charge in [-0.2, -0.15) is 13.2 Å². The first kappa shape index (κ1) is 20.8. The summed E-state index contributed by atoms with van der Waals surface area (Å²) < 4.78 is 75.6. The summed E-state index contributed by atoms with van der Waals surface area (Å²) in [6, 6.07) is 7.45. The Balaban J connectivity index is 2.19. The summed E-state index contributed by atoms with van der Waals surface area (Å²) in [4.78, 5) is 11.9. The number of halogens is 4. The number of alkyl halides is 3. The fourth-order valence-corrected chi connectivity index (χ4v) is 3.79. The first-order chi connectivity index (χ1) is 12.3.